The van der Waals surface area contributed by atoms with E-state index >= 15 is 0 Å². The predicted octanol–water partition coefficient (Wildman–Crippen LogP) is 2.23. The predicted molar refractivity (Wildman–Crippen MR) is 81.0 cm³/mol. The summed E-state index contributed by atoms with van der Waals surface area (Å²) in [7, 11) is 0. The lowest BCUT2D eigenvalue weighted by Gasteiger charge is -2.41. The van der Waals surface area contributed by atoms with E-state index < -0.39 is 0 Å². The van der Waals surface area contributed by atoms with Crippen molar-refractivity contribution in [1.29, 1.82) is 0 Å². The fourth-order valence-corrected chi connectivity index (χ4v) is 2.82. The molecule has 1 N–H and O–H groups in total. The Labute approximate surface area is 120 Å². The lowest BCUT2D eigenvalue weighted by atomic mass is 10.0. The largest absolute Gasteiger partial charge is 0.314 e. The van der Waals surface area contributed by atoms with Gasteiger partial charge in [-0.3, -0.25) is 4.90 Å². The van der Waals surface area contributed by atoms with Crippen LogP contribution in [-0.4, -0.2) is 40.4 Å². The van der Waals surface area contributed by atoms with Gasteiger partial charge in [0.05, 0.1) is 11.9 Å². The van der Waals surface area contributed by atoms with Crippen LogP contribution in [0, 0.1) is 0 Å². The quantitative estimate of drug-likeness (QED) is 0.904. The summed E-state index contributed by atoms with van der Waals surface area (Å²) >= 11 is 0. The molecule has 106 valence electrons. The Balaban J connectivity index is 1.78. The van der Waals surface area contributed by atoms with E-state index in [0.29, 0.717) is 12.1 Å². The Morgan fingerprint density at radius 3 is 2.70 bits per heavy atom. The number of nitrogens with one attached hydrogen (secondary N) is 1. The Morgan fingerprint density at radius 2 is 2.10 bits per heavy atom. The number of hydrogen-bond acceptors (Lipinski definition) is 3. The van der Waals surface area contributed by atoms with Gasteiger partial charge < -0.3 is 5.32 Å². The van der Waals surface area contributed by atoms with Gasteiger partial charge in [-0.15, -0.1) is 0 Å². The molecule has 3 rings (SSSR count). The van der Waals surface area contributed by atoms with Gasteiger partial charge in [0.25, 0.3) is 0 Å². The molecule has 0 aliphatic carbocycles. The maximum Gasteiger partial charge on any atom is 0.0645 e. The van der Waals surface area contributed by atoms with E-state index in [1.54, 1.807) is 0 Å². The maximum absolute atomic E-state index is 4.50. The summed E-state index contributed by atoms with van der Waals surface area (Å²) in [6, 6.07) is 11.3. The molecule has 0 bridgehead atoms. The van der Waals surface area contributed by atoms with Crippen LogP contribution in [0.1, 0.15) is 25.5 Å². The van der Waals surface area contributed by atoms with E-state index in [4.69, 9.17) is 0 Å². The molecule has 4 heteroatoms. The minimum Gasteiger partial charge on any atom is -0.314 e. The van der Waals surface area contributed by atoms with E-state index in [-0.39, 0.29) is 0 Å². The molecule has 1 aliphatic heterocycles. The molecule has 0 amide bonds. The summed E-state index contributed by atoms with van der Waals surface area (Å²) in [6.45, 7) is 7.78. The number of aromatic nitrogens is 2. The SMILES string of the molecule is CCN(C1CNC1)C(C)c1cnn(-c2ccccc2)c1. The average molecular weight is 270 g/mol. The second-order valence-corrected chi connectivity index (χ2v) is 5.37. The molecule has 1 unspecified atom stereocenters. The van der Waals surface area contributed by atoms with Crippen LogP contribution in [0.25, 0.3) is 5.69 Å². The van der Waals surface area contributed by atoms with E-state index in [0.717, 1.165) is 25.3 Å². The van der Waals surface area contributed by atoms with E-state index in [9.17, 15) is 0 Å². The highest BCUT2D eigenvalue weighted by atomic mass is 15.3. The second kappa shape index (κ2) is 5.77. The molecule has 1 aromatic carbocycles. The number of nitrogens with zero attached hydrogens (tertiary/aromatic N) is 3. The lowest BCUT2D eigenvalue weighted by Crippen LogP contribution is -2.57. The first kappa shape index (κ1) is 13.3. The van der Waals surface area contributed by atoms with Crippen molar-refractivity contribution < 1.29 is 0 Å². The number of benzene rings is 1. The van der Waals surface area contributed by atoms with Gasteiger partial charge in [0.2, 0.25) is 0 Å². The molecule has 0 radical (unpaired) electrons. The van der Waals surface area contributed by atoms with Crippen molar-refractivity contribution in [1.82, 2.24) is 20.0 Å². The van der Waals surface area contributed by atoms with E-state index in [2.05, 4.69) is 47.5 Å². The summed E-state index contributed by atoms with van der Waals surface area (Å²) in [5, 5.41) is 7.85. The molecule has 4 nitrogen and oxygen atoms in total. The summed E-state index contributed by atoms with van der Waals surface area (Å²) < 4.78 is 1.96. The van der Waals surface area contributed by atoms with Crippen LogP contribution >= 0.6 is 0 Å². The van der Waals surface area contributed by atoms with Gasteiger partial charge in [-0.25, -0.2) is 4.68 Å². The third-order valence-corrected chi connectivity index (χ3v) is 4.20. The highest BCUT2D eigenvalue weighted by Crippen LogP contribution is 2.24. The van der Waals surface area contributed by atoms with Gasteiger partial charge in [0.15, 0.2) is 0 Å². The van der Waals surface area contributed by atoms with Crippen molar-refractivity contribution in [2.45, 2.75) is 25.9 Å². The van der Waals surface area contributed by atoms with Crippen molar-refractivity contribution in [3.05, 3.63) is 48.3 Å². The van der Waals surface area contributed by atoms with Crippen LogP contribution in [0.4, 0.5) is 0 Å². The molecule has 1 aliphatic rings. The maximum atomic E-state index is 4.50. The third kappa shape index (κ3) is 2.49. The number of para-hydroxylation sites is 1. The van der Waals surface area contributed by atoms with Crippen molar-refractivity contribution in [3.8, 4) is 5.69 Å². The lowest BCUT2D eigenvalue weighted by molar-refractivity contribution is 0.110. The summed E-state index contributed by atoms with van der Waals surface area (Å²) in [5.74, 6) is 0. The standard InChI is InChI=1S/C16H22N4/c1-3-19(16-10-17-11-16)13(2)14-9-18-20(12-14)15-7-5-4-6-8-15/h4-9,12-13,16-17H,3,10-11H2,1-2H3. The third-order valence-electron chi connectivity index (χ3n) is 4.20. The van der Waals surface area contributed by atoms with Gasteiger partial charge in [-0.2, -0.15) is 5.10 Å². The molecule has 1 fully saturated rings. The zero-order chi connectivity index (χ0) is 13.9. The normalized spacial score (nSPS) is 17.1. The molecule has 0 spiro atoms. The fraction of sp³-hybridized carbons (Fsp3) is 0.438. The molecule has 1 aromatic heterocycles. The highest BCUT2D eigenvalue weighted by Gasteiger charge is 2.28. The molecule has 1 atom stereocenters. The Bertz CT molecular complexity index is 545. The monoisotopic (exact) mass is 270 g/mol. The second-order valence-electron chi connectivity index (χ2n) is 5.37. The zero-order valence-corrected chi connectivity index (χ0v) is 12.2. The first-order valence-corrected chi connectivity index (χ1v) is 7.36. The molecule has 0 saturated carbocycles. The van der Waals surface area contributed by atoms with Gasteiger partial charge in [-0.1, -0.05) is 25.1 Å². The molecule has 20 heavy (non-hydrogen) atoms. The van der Waals surface area contributed by atoms with Gasteiger partial charge >= 0.3 is 0 Å². The zero-order valence-electron chi connectivity index (χ0n) is 12.2. The first-order valence-electron chi connectivity index (χ1n) is 7.36. The molecule has 2 aromatic rings. The number of likely N-dealkylation sites (N-methyl/N-ethyl adjacent to an activating group) is 1. The highest BCUT2D eigenvalue weighted by molar-refractivity contribution is 5.31. The van der Waals surface area contributed by atoms with Crippen molar-refractivity contribution >= 4 is 0 Å². The Kier molecular flexibility index (Phi) is 3.85. The van der Waals surface area contributed by atoms with Gasteiger partial charge in [-0.05, 0) is 25.6 Å². The summed E-state index contributed by atoms with van der Waals surface area (Å²) in [5.41, 5.74) is 2.39. The smallest absolute Gasteiger partial charge is 0.0645 e. The van der Waals surface area contributed by atoms with E-state index in [1.165, 1.54) is 5.56 Å². The average Bonchev–Trinajstić information content (AvgIpc) is 2.92. The topological polar surface area (TPSA) is 33.1 Å². The molecule has 1 saturated heterocycles. The first-order chi connectivity index (χ1) is 9.79. The Hall–Kier alpha value is -1.65. The van der Waals surface area contributed by atoms with Gasteiger partial charge in [0, 0.05) is 36.9 Å². The Morgan fingerprint density at radius 1 is 1.35 bits per heavy atom. The van der Waals surface area contributed by atoms with Gasteiger partial charge in [0.1, 0.15) is 0 Å². The van der Waals surface area contributed by atoms with Crippen LogP contribution in [0.3, 0.4) is 0 Å². The van der Waals surface area contributed by atoms with E-state index in [1.807, 2.05) is 29.1 Å². The van der Waals surface area contributed by atoms with Crippen LogP contribution in [0.2, 0.25) is 0 Å². The minimum absolute atomic E-state index is 0.407. The van der Waals surface area contributed by atoms with Crippen LogP contribution in [-0.2, 0) is 0 Å². The minimum atomic E-state index is 0.407. The molecular weight excluding hydrogens is 248 g/mol. The van der Waals surface area contributed by atoms with Crippen molar-refractivity contribution in [3.63, 3.8) is 0 Å². The number of hydrogen-bond donors (Lipinski definition) is 1. The molecule has 2 heterocycles. The van der Waals surface area contributed by atoms with Crippen LogP contribution in [0.15, 0.2) is 42.7 Å². The number of rotatable bonds is 5. The summed E-state index contributed by atoms with van der Waals surface area (Å²) in [4.78, 5) is 2.54. The summed E-state index contributed by atoms with van der Waals surface area (Å²) in [6.07, 6.45) is 4.14. The van der Waals surface area contributed by atoms with Crippen molar-refractivity contribution in [2.24, 2.45) is 0 Å². The molecular formula is C16H22N4. The van der Waals surface area contributed by atoms with Crippen LogP contribution < -0.4 is 5.32 Å². The van der Waals surface area contributed by atoms with Crippen LogP contribution in [0.5, 0.6) is 0 Å². The fourth-order valence-electron chi connectivity index (χ4n) is 2.82. The van der Waals surface area contributed by atoms with Crippen molar-refractivity contribution in [2.75, 3.05) is 19.6 Å².